The van der Waals surface area contributed by atoms with Gasteiger partial charge in [0.15, 0.2) is 0 Å². The molecule has 1 N–H and O–H groups in total. The van der Waals surface area contributed by atoms with Crippen molar-refractivity contribution in [2.24, 2.45) is 0 Å². The lowest BCUT2D eigenvalue weighted by atomic mass is 10.2. The second-order valence-electron chi connectivity index (χ2n) is 4.04. The first-order chi connectivity index (χ1) is 7.52. The fourth-order valence-electron chi connectivity index (χ4n) is 1.54. The SMILES string of the molecule is COCC(C)N(C)Cc1cc(O)cc(F)c1. The van der Waals surface area contributed by atoms with Gasteiger partial charge < -0.3 is 9.84 Å². The Morgan fingerprint density at radius 1 is 1.44 bits per heavy atom. The Hall–Kier alpha value is -1.13. The first-order valence-electron chi connectivity index (χ1n) is 5.20. The van der Waals surface area contributed by atoms with E-state index in [1.807, 2.05) is 18.9 Å². The van der Waals surface area contributed by atoms with E-state index in [0.29, 0.717) is 13.2 Å². The van der Waals surface area contributed by atoms with Crippen LogP contribution < -0.4 is 0 Å². The molecule has 1 atom stereocenters. The van der Waals surface area contributed by atoms with Crippen LogP contribution in [0.25, 0.3) is 0 Å². The summed E-state index contributed by atoms with van der Waals surface area (Å²) in [6, 6.07) is 4.34. The van der Waals surface area contributed by atoms with Crippen molar-refractivity contribution in [1.29, 1.82) is 0 Å². The predicted octanol–water partition coefficient (Wildman–Crippen LogP) is 2.00. The molecular formula is C12H18FNO2. The maximum Gasteiger partial charge on any atom is 0.127 e. The molecule has 1 aromatic rings. The second-order valence-corrected chi connectivity index (χ2v) is 4.04. The van der Waals surface area contributed by atoms with Gasteiger partial charge in [0.25, 0.3) is 0 Å². The van der Waals surface area contributed by atoms with Crippen molar-refractivity contribution in [1.82, 2.24) is 4.90 Å². The molecule has 0 radical (unpaired) electrons. The number of aromatic hydroxyl groups is 1. The number of likely N-dealkylation sites (N-methyl/N-ethyl adjacent to an activating group) is 1. The standard InChI is InChI=1S/C12H18FNO2/c1-9(8-16-3)14(2)7-10-4-11(13)6-12(15)5-10/h4-6,9,15H,7-8H2,1-3H3. The summed E-state index contributed by atoms with van der Waals surface area (Å²) >= 11 is 0. The molecule has 16 heavy (non-hydrogen) atoms. The zero-order chi connectivity index (χ0) is 12.1. The van der Waals surface area contributed by atoms with Gasteiger partial charge in [0.1, 0.15) is 11.6 Å². The second kappa shape index (κ2) is 5.82. The van der Waals surface area contributed by atoms with Gasteiger partial charge in [-0.05, 0) is 31.7 Å². The molecule has 0 aliphatic carbocycles. The molecule has 0 saturated carbocycles. The normalized spacial score (nSPS) is 13.1. The highest BCUT2D eigenvalue weighted by Crippen LogP contribution is 2.16. The van der Waals surface area contributed by atoms with E-state index >= 15 is 0 Å². The summed E-state index contributed by atoms with van der Waals surface area (Å²) in [7, 11) is 3.59. The molecule has 0 spiro atoms. The Labute approximate surface area is 95.5 Å². The van der Waals surface area contributed by atoms with E-state index in [1.54, 1.807) is 13.2 Å². The van der Waals surface area contributed by atoms with Crippen LogP contribution in [0.4, 0.5) is 4.39 Å². The van der Waals surface area contributed by atoms with Crippen molar-refractivity contribution >= 4 is 0 Å². The molecule has 1 rings (SSSR count). The van der Waals surface area contributed by atoms with Crippen LogP contribution in [0.5, 0.6) is 5.75 Å². The maximum absolute atomic E-state index is 13.0. The van der Waals surface area contributed by atoms with Crippen LogP contribution in [0.1, 0.15) is 12.5 Å². The first kappa shape index (κ1) is 12.9. The van der Waals surface area contributed by atoms with Crippen LogP contribution in [0.15, 0.2) is 18.2 Å². The minimum atomic E-state index is -0.414. The number of methoxy groups -OCH3 is 1. The lowest BCUT2D eigenvalue weighted by molar-refractivity contribution is 0.112. The molecule has 0 aromatic heterocycles. The summed E-state index contributed by atoms with van der Waals surface area (Å²) < 4.78 is 18.1. The van der Waals surface area contributed by atoms with E-state index in [0.717, 1.165) is 11.6 Å². The summed E-state index contributed by atoms with van der Waals surface area (Å²) in [6.07, 6.45) is 0. The molecular weight excluding hydrogens is 209 g/mol. The number of halogens is 1. The Balaban J connectivity index is 2.65. The average Bonchev–Trinajstić information content (AvgIpc) is 2.16. The van der Waals surface area contributed by atoms with Crippen molar-refractivity contribution in [3.63, 3.8) is 0 Å². The van der Waals surface area contributed by atoms with Gasteiger partial charge in [0.05, 0.1) is 6.61 Å². The number of rotatable bonds is 5. The van der Waals surface area contributed by atoms with Crippen molar-refractivity contribution < 1.29 is 14.2 Å². The zero-order valence-corrected chi connectivity index (χ0v) is 9.90. The van der Waals surface area contributed by atoms with Gasteiger partial charge in [-0.1, -0.05) is 0 Å². The number of benzene rings is 1. The molecule has 1 aromatic carbocycles. The molecule has 4 heteroatoms. The molecule has 3 nitrogen and oxygen atoms in total. The van der Waals surface area contributed by atoms with Crippen LogP contribution in [0.2, 0.25) is 0 Å². The van der Waals surface area contributed by atoms with E-state index < -0.39 is 5.82 Å². The molecule has 1 unspecified atom stereocenters. The van der Waals surface area contributed by atoms with E-state index in [1.165, 1.54) is 6.07 Å². The highest BCUT2D eigenvalue weighted by atomic mass is 19.1. The smallest absolute Gasteiger partial charge is 0.127 e. The van der Waals surface area contributed by atoms with Gasteiger partial charge in [0.2, 0.25) is 0 Å². The van der Waals surface area contributed by atoms with Crippen LogP contribution in [-0.4, -0.2) is 36.8 Å². The Morgan fingerprint density at radius 2 is 2.12 bits per heavy atom. The third kappa shape index (κ3) is 3.79. The third-order valence-corrected chi connectivity index (χ3v) is 2.53. The van der Waals surface area contributed by atoms with Gasteiger partial charge in [-0.25, -0.2) is 4.39 Å². The van der Waals surface area contributed by atoms with Crippen molar-refractivity contribution in [3.8, 4) is 5.75 Å². The van der Waals surface area contributed by atoms with Gasteiger partial charge in [-0.2, -0.15) is 0 Å². The van der Waals surface area contributed by atoms with Crippen molar-refractivity contribution in [3.05, 3.63) is 29.6 Å². The summed E-state index contributed by atoms with van der Waals surface area (Å²) in [4.78, 5) is 2.04. The summed E-state index contributed by atoms with van der Waals surface area (Å²) in [5, 5.41) is 9.27. The lowest BCUT2D eigenvalue weighted by Gasteiger charge is -2.24. The number of phenolic OH excluding ortho intramolecular Hbond substituents is 1. The van der Waals surface area contributed by atoms with Crippen LogP contribution in [-0.2, 0) is 11.3 Å². The average molecular weight is 227 g/mol. The summed E-state index contributed by atoms with van der Waals surface area (Å²) in [6.45, 7) is 3.23. The molecule has 0 amide bonds. The Bertz CT molecular complexity index is 324. The van der Waals surface area contributed by atoms with Gasteiger partial charge >= 0.3 is 0 Å². The number of nitrogens with zero attached hydrogens (tertiary/aromatic N) is 1. The highest BCUT2D eigenvalue weighted by molar-refractivity contribution is 5.28. The molecule has 0 heterocycles. The highest BCUT2D eigenvalue weighted by Gasteiger charge is 2.10. The van der Waals surface area contributed by atoms with Crippen LogP contribution >= 0.6 is 0 Å². The van der Waals surface area contributed by atoms with Crippen molar-refractivity contribution in [2.75, 3.05) is 20.8 Å². The molecule has 0 aliphatic heterocycles. The molecule has 0 aliphatic rings. The number of hydrogen-bond donors (Lipinski definition) is 1. The third-order valence-electron chi connectivity index (χ3n) is 2.53. The maximum atomic E-state index is 13.0. The van der Waals surface area contributed by atoms with E-state index in [9.17, 15) is 9.50 Å². The van der Waals surface area contributed by atoms with E-state index in [2.05, 4.69) is 0 Å². The largest absolute Gasteiger partial charge is 0.508 e. The van der Waals surface area contributed by atoms with Crippen LogP contribution in [0.3, 0.4) is 0 Å². The number of ether oxygens (including phenoxy) is 1. The predicted molar refractivity (Wildman–Crippen MR) is 60.9 cm³/mol. The fraction of sp³-hybridized carbons (Fsp3) is 0.500. The van der Waals surface area contributed by atoms with Gasteiger partial charge in [0, 0.05) is 25.8 Å². The lowest BCUT2D eigenvalue weighted by Crippen LogP contribution is -2.32. The zero-order valence-electron chi connectivity index (χ0n) is 9.90. The van der Waals surface area contributed by atoms with E-state index in [-0.39, 0.29) is 11.8 Å². The van der Waals surface area contributed by atoms with Gasteiger partial charge in [-0.3, -0.25) is 4.90 Å². The Kier molecular flexibility index (Phi) is 4.71. The summed E-state index contributed by atoms with van der Waals surface area (Å²) in [5.74, 6) is -0.453. The first-order valence-corrected chi connectivity index (χ1v) is 5.20. The monoisotopic (exact) mass is 227 g/mol. The van der Waals surface area contributed by atoms with Crippen molar-refractivity contribution in [2.45, 2.75) is 19.5 Å². The van der Waals surface area contributed by atoms with E-state index in [4.69, 9.17) is 4.74 Å². The minimum Gasteiger partial charge on any atom is -0.508 e. The fourth-order valence-corrected chi connectivity index (χ4v) is 1.54. The number of phenols is 1. The minimum absolute atomic E-state index is 0.0391. The number of hydrogen-bond acceptors (Lipinski definition) is 3. The molecule has 0 saturated heterocycles. The van der Waals surface area contributed by atoms with Gasteiger partial charge in [-0.15, -0.1) is 0 Å². The quantitative estimate of drug-likeness (QED) is 0.835. The molecule has 90 valence electrons. The Morgan fingerprint density at radius 3 is 2.69 bits per heavy atom. The summed E-state index contributed by atoms with van der Waals surface area (Å²) in [5.41, 5.74) is 0.753. The molecule has 0 fully saturated rings. The van der Waals surface area contributed by atoms with Crippen LogP contribution in [0, 0.1) is 5.82 Å². The topological polar surface area (TPSA) is 32.7 Å². The molecule has 0 bridgehead atoms.